The third-order valence-electron chi connectivity index (χ3n) is 2.29. The van der Waals surface area contributed by atoms with E-state index in [9.17, 15) is 0 Å². The number of hydrogen-bond acceptors (Lipinski definition) is 3. The maximum Gasteiger partial charge on any atom is 0.0643 e. The van der Waals surface area contributed by atoms with Crippen LogP contribution < -0.4 is 10.6 Å². The summed E-state index contributed by atoms with van der Waals surface area (Å²) in [5.41, 5.74) is 0.272. The van der Waals surface area contributed by atoms with Gasteiger partial charge >= 0.3 is 0 Å². The number of ether oxygens (including phenoxy) is 1. The van der Waals surface area contributed by atoms with E-state index in [0.717, 1.165) is 19.8 Å². The molecule has 0 aromatic heterocycles. The van der Waals surface area contributed by atoms with Gasteiger partial charge in [0.1, 0.15) is 0 Å². The van der Waals surface area contributed by atoms with Crippen LogP contribution in [0.4, 0.5) is 0 Å². The van der Waals surface area contributed by atoms with Crippen LogP contribution in [0.25, 0.3) is 0 Å². The lowest BCUT2D eigenvalue weighted by atomic mass is 9.95. The fourth-order valence-corrected chi connectivity index (χ4v) is 1.18. The molecule has 0 fully saturated rings. The molecule has 2 N–H and O–H groups in total. The van der Waals surface area contributed by atoms with Gasteiger partial charge in [-0.15, -0.1) is 0 Å². The number of likely N-dealkylation sites (N-methyl/N-ethyl adjacent to an activating group) is 1. The molecule has 0 aliphatic rings. The molecule has 0 aliphatic heterocycles. The second-order valence-electron chi connectivity index (χ2n) is 5.32. The van der Waals surface area contributed by atoms with E-state index < -0.39 is 0 Å². The fourth-order valence-electron chi connectivity index (χ4n) is 1.18. The van der Waals surface area contributed by atoms with Crippen molar-refractivity contribution in [2.24, 2.45) is 5.41 Å². The highest BCUT2D eigenvalue weighted by molar-refractivity contribution is 4.76. The van der Waals surface area contributed by atoms with E-state index >= 15 is 0 Å². The lowest BCUT2D eigenvalue weighted by molar-refractivity contribution is 0.0326. The summed E-state index contributed by atoms with van der Waals surface area (Å²) in [6.07, 6.45) is 0. The molecule has 100 valence electrons. The first-order valence-electron chi connectivity index (χ1n) is 6.24. The van der Waals surface area contributed by atoms with Gasteiger partial charge in [0.25, 0.3) is 0 Å². The maximum atomic E-state index is 5.70. The molecule has 0 heterocycles. The van der Waals surface area contributed by atoms with Crippen LogP contribution in [-0.4, -0.2) is 39.4 Å². The molecular formula is C13H32N2O. The monoisotopic (exact) mass is 232 g/mol. The van der Waals surface area contributed by atoms with Gasteiger partial charge in [0.15, 0.2) is 0 Å². The Bertz CT molecular complexity index is 156. The summed E-state index contributed by atoms with van der Waals surface area (Å²) in [6.45, 7) is 15.2. The Labute approximate surface area is 102 Å². The minimum absolute atomic E-state index is 0.0652. The van der Waals surface area contributed by atoms with Crippen molar-refractivity contribution in [1.82, 2.24) is 10.6 Å². The van der Waals surface area contributed by atoms with E-state index in [1.54, 1.807) is 0 Å². The van der Waals surface area contributed by atoms with Crippen LogP contribution in [-0.2, 0) is 4.74 Å². The van der Waals surface area contributed by atoms with Gasteiger partial charge in [-0.2, -0.15) is 0 Å². The summed E-state index contributed by atoms with van der Waals surface area (Å²) < 4.78 is 5.70. The predicted octanol–water partition coefficient (Wildman–Crippen LogP) is 2.27. The number of nitrogens with one attached hydrogen (secondary N) is 2. The van der Waals surface area contributed by atoms with Gasteiger partial charge in [0, 0.05) is 17.5 Å². The Balaban J connectivity index is 0. The van der Waals surface area contributed by atoms with Crippen molar-refractivity contribution >= 4 is 0 Å². The third-order valence-corrected chi connectivity index (χ3v) is 2.29. The normalized spacial score (nSPS) is 12.0. The predicted molar refractivity (Wildman–Crippen MR) is 73.0 cm³/mol. The van der Waals surface area contributed by atoms with Gasteiger partial charge in [0.05, 0.1) is 13.2 Å². The van der Waals surface area contributed by atoms with Crippen LogP contribution >= 0.6 is 0 Å². The smallest absolute Gasteiger partial charge is 0.0643 e. The largest absolute Gasteiger partial charge is 0.379 e. The van der Waals surface area contributed by atoms with Crippen molar-refractivity contribution in [1.29, 1.82) is 0 Å². The van der Waals surface area contributed by atoms with E-state index in [1.807, 2.05) is 27.9 Å². The van der Waals surface area contributed by atoms with Crippen LogP contribution in [0.3, 0.4) is 0 Å². The van der Waals surface area contributed by atoms with Crippen LogP contribution in [0.1, 0.15) is 41.5 Å². The first-order valence-corrected chi connectivity index (χ1v) is 6.24. The molecule has 16 heavy (non-hydrogen) atoms. The highest BCUT2D eigenvalue weighted by atomic mass is 16.5. The average Bonchev–Trinajstić information content (AvgIpc) is 2.20. The van der Waals surface area contributed by atoms with Gasteiger partial charge < -0.3 is 15.4 Å². The third kappa shape index (κ3) is 10.4. The fraction of sp³-hybridized carbons (Fsp3) is 1.00. The van der Waals surface area contributed by atoms with Crippen molar-refractivity contribution in [3.63, 3.8) is 0 Å². The molecule has 0 spiro atoms. The average molecular weight is 232 g/mol. The van der Waals surface area contributed by atoms with Crippen LogP contribution in [0.2, 0.25) is 0 Å². The van der Waals surface area contributed by atoms with Crippen LogP contribution in [0, 0.1) is 5.41 Å². The molecular weight excluding hydrogens is 200 g/mol. The highest BCUT2D eigenvalue weighted by Gasteiger charge is 2.20. The van der Waals surface area contributed by atoms with E-state index in [1.165, 1.54) is 0 Å². The minimum Gasteiger partial charge on any atom is -0.379 e. The highest BCUT2D eigenvalue weighted by Crippen LogP contribution is 2.14. The topological polar surface area (TPSA) is 33.3 Å². The Hall–Kier alpha value is -0.120. The lowest BCUT2D eigenvalue weighted by Crippen LogP contribution is -2.42. The molecule has 0 rings (SSSR count). The Morgan fingerprint density at radius 2 is 1.44 bits per heavy atom. The maximum absolute atomic E-state index is 5.70. The molecule has 0 atom stereocenters. The Morgan fingerprint density at radius 3 is 1.81 bits per heavy atom. The number of hydrogen-bond donors (Lipinski definition) is 2. The van der Waals surface area contributed by atoms with Crippen LogP contribution in [0.5, 0.6) is 0 Å². The van der Waals surface area contributed by atoms with Gasteiger partial charge in [-0.1, -0.05) is 27.7 Å². The number of rotatable bonds is 7. The molecule has 3 nitrogen and oxygen atoms in total. The second kappa shape index (κ2) is 8.97. The minimum atomic E-state index is 0.0652. The van der Waals surface area contributed by atoms with E-state index in [-0.39, 0.29) is 11.0 Å². The zero-order chi connectivity index (χ0) is 13.2. The molecule has 0 aliphatic carbocycles. The SMILES string of the molecule is CC.CNCC(C)(C)COCC(C)(C)NC. The van der Waals surface area contributed by atoms with Gasteiger partial charge in [0.2, 0.25) is 0 Å². The summed E-state index contributed by atoms with van der Waals surface area (Å²) >= 11 is 0. The Kier molecular flexibility index (Phi) is 10.2. The van der Waals surface area contributed by atoms with Crippen molar-refractivity contribution in [3.05, 3.63) is 0 Å². The summed E-state index contributed by atoms with van der Waals surface area (Å²) in [5.74, 6) is 0. The molecule has 0 amide bonds. The summed E-state index contributed by atoms with van der Waals surface area (Å²) in [4.78, 5) is 0. The van der Waals surface area contributed by atoms with Crippen molar-refractivity contribution in [3.8, 4) is 0 Å². The van der Waals surface area contributed by atoms with Gasteiger partial charge in [-0.3, -0.25) is 0 Å². The molecule has 0 aromatic rings. The van der Waals surface area contributed by atoms with E-state index in [0.29, 0.717) is 0 Å². The molecule has 0 saturated carbocycles. The zero-order valence-electron chi connectivity index (χ0n) is 12.5. The van der Waals surface area contributed by atoms with Crippen molar-refractivity contribution < 1.29 is 4.74 Å². The standard InChI is InChI=1S/C11H26N2O.C2H6/c1-10(2,7-12-5)8-14-9-11(3,4)13-6;1-2/h12-13H,7-9H2,1-6H3;1-2H3. The van der Waals surface area contributed by atoms with Gasteiger partial charge in [-0.25, -0.2) is 0 Å². The second-order valence-corrected chi connectivity index (χ2v) is 5.32. The first kappa shape index (κ1) is 18.3. The molecule has 3 heteroatoms. The molecule has 0 aromatic carbocycles. The Morgan fingerprint density at radius 1 is 0.938 bits per heavy atom. The summed E-state index contributed by atoms with van der Waals surface area (Å²) in [6, 6.07) is 0. The van der Waals surface area contributed by atoms with E-state index in [4.69, 9.17) is 4.74 Å². The van der Waals surface area contributed by atoms with Crippen molar-refractivity contribution in [2.45, 2.75) is 47.1 Å². The summed E-state index contributed by atoms with van der Waals surface area (Å²) in [5, 5.41) is 6.39. The quantitative estimate of drug-likeness (QED) is 0.706. The van der Waals surface area contributed by atoms with Gasteiger partial charge in [-0.05, 0) is 27.9 Å². The molecule has 0 bridgehead atoms. The van der Waals surface area contributed by atoms with Crippen LogP contribution in [0.15, 0.2) is 0 Å². The van der Waals surface area contributed by atoms with Crippen molar-refractivity contribution in [2.75, 3.05) is 33.9 Å². The van der Waals surface area contributed by atoms with E-state index in [2.05, 4.69) is 38.3 Å². The molecule has 0 radical (unpaired) electrons. The lowest BCUT2D eigenvalue weighted by Gasteiger charge is -2.28. The molecule has 0 saturated heterocycles. The zero-order valence-corrected chi connectivity index (χ0v) is 12.5. The molecule has 0 unspecified atom stereocenters. The first-order chi connectivity index (χ1) is 7.33. The summed E-state index contributed by atoms with van der Waals surface area (Å²) in [7, 11) is 3.93.